The maximum atomic E-state index is 10.7. The van der Waals surface area contributed by atoms with Gasteiger partial charge in [0, 0.05) is 25.4 Å². The van der Waals surface area contributed by atoms with Crippen molar-refractivity contribution in [1.82, 2.24) is 20.4 Å². The third kappa shape index (κ3) is 6.55. The number of nitrogens with one attached hydrogen (secondary N) is 2. The van der Waals surface area contributed by atoms with Gasteiger partial charge in [-0.05, 0) is 31.5 Å². The average Bonchev–Trinajstić information content (AvgIpc) is 3.11. The Bertz CT molecular complexity index is 777. The SMILES string of the molecule is CCNC(=NCc1ccc(OC)c(OC)c1)NCC(C)(O)c1cnn(C)c1.I. The van der Waals surface area contributed by atoms with Gasteiger partial charge in [-0.2, -0.15) is 5.10 Å². The lowest BCUT2D eigenvalue weighted by atomic mass is 10.00. The molecule has 9 heteroatoms. The molecule has 1 heterocycles. The van der Waals surface area contributed by atoms with Gasteiger partial charge in [-0.15, -0.1) is 24.0 Å². The fourth-order valence-electron chi connectivity index (χ4n) is 2.55. The molecule has 1 atom stereocenters. The van der Waals surface area contributed by atoms with Gasteiger partial charge >= 0.3 is 0 Å². The van der Waals surface area contributed by atoms with Crippen LogP contribution in [-0.2, 0) is 19.2 Å². The molecule has 1 aromatic carbocycles. The summed E-state index contributed by atoms with van der Waals surface area (Å²) in [4.78, 5) is 4.58. The first kappa shape index (κ1) is 24.0. The zero-order chi connectivity index (χ0) is 19.9. The van der Waals surface area contributed by atoms with Crippen LogP contribution in [-0.4, -0.2) is 48.2 Å². The van der Waals surface area contributed by atoms with Crippen LogP contribution in [0.2, 0.25) is 0 Å². The molecule has 28 heavy (non-hydrogen) atoms. The molecule has 0 radical (unpaired) electrons. The lowest BCUT2D eigenvalue weighted by molar-refractivity contribution is 0.0616. The maximum absolute atomic E-state index is 10.7. The molecule has 0 saturated carbocycles. The van der Waals surface area contributed by atoms with E-state index in [2.05, 4.69) is 20.7 Å². The third-order valence-corrected chi connectivity index (χ3v) is 4.14. The summed E-state index contributed by atoms with van der Waals surface area (Å²) in [7, 11) is 5.04. The second-order valence-corrected chi connectivity index (χ2v) is 6.41. The molecule has 0 bridgehead atoms. The quantitative estimate of drug-likeness (QED) is 0.290. The van der Waals surface area contributed by atoms with E-state index in [1.54, 1.807) is 38.2 Å². The van der Waals surface area contributed by atoms with Gasteiger partial charge in [0.1, 0.15) is 5.60 Å². The minimum absolute atomic E-state index is 0. The minimum atomic E-state index is -1.06. The highest BCUT2D eigenvalue weighted by molar-refractivity contribution is 14.0. The molecule has 1 aromatic heterocycles. The van der Waals surface area contributed by atoms with E-state index in [9.17, 15) is 5.11 Å². The molecule has 0 fully saturated rings. The molecule has 0 saturated heterocycles. The first-order chi connectivity index (χ1) is 12.9. The number of methoxy groups -OCH3 is 2. The van der Waals surface area contributed by atoms with Gasteiger partial charge < -0.3 is 25.2 Å². The highest BCUT2D eigenvalue weighted by atomic mass is 127. The molecule has 0 aliphatic carbocycles. The Kier molecular flexibility index (Phi) is 9.53. The summed E-state index contributed by atoms with van der Waals surface area (Å²) in [5.41, 5.74) is 0.672. The van der Waals surface area contributed by atoms with Crippen LogP contribution in [0.1, 0.15) is 25.0 Å². The predicted octanol–water partition coefficient (Wildman–Crippen LogP) is 2.02. The zero-order valence-electron chi connectivity index (χ0n) is 17.0. The largest absolute Gasteiger partial charge is 0.493 e. The first-order valence-electron chi connectivity index (χ1n) is 8.84. The van der Waals surface area contributed by atoms with E-state index in [-0.39, 0.29) is 24.0 Å². The fraction of sp³-hybridized carbons (Fsp3) is 0.474. The Morgan fingerprint density at radius 1 is 1.25 bits per heavy atom. The second-order valence-electron chi connectivity index (χ2n) is 6.41. The summed E-state index contributed by atoms with van der Waals surface area (Å²) in [5.74, 6) is 1.97. The Labute approximate surface area is 183 Å². The van der Waals surface area contributed by atoms with E-state index in [1.165, 1.54) is 0 Å². The number of aliphatic imine (C=N–C) groups is 1. The Morgan fingerprint density at radius 2 is 1.96 bits per heavy atom. The summed E-state index contributed by atoms with van der Waals surface area (Å²) >= 11 is 0. The molecule has 0 aliphatic heterocycles. The number of guanidine groups is 1. The molecular formula is C19H30IN5O3. The average molecular weight is 503 g/mol. The molecule has 156 valence electrons. The summed E-state index contributed by atoms with van der Waals surface area (Å²) in [6.45, 7) is 5.22. The van der Waals surface area contributed by atoms with Crippen molar-refractivity contribution < 1.29 is 14.6 Å². The number of aryl methyl sites for hydroxylation is 1. The number of hydrogen-bond acceptors (Lipinski definition) is 5. The summed E-state index contributed by atoms with van der Waals surface area (Å²) in [6, 6.07) is 5.70. The smallest absolute Gasteiger partial charge is 0.191 e. The molecule has 2 aromatic rings. The molecule has 0 spiro atoms. The molecule has 8 nitrogen and oxygen atoms in total. The van der Waals surface area contributed by atoms with Crippen molar-refractivity contribution in [3.05, 3.63) is 41.7 Å². The standard InChI is InChI=1S/C19H29N5O3.HI/c1-6-20-18(22-13-19(2,25)15-11-23-24(3)12-15)21-10-14-7-8-16(26-4)17(9-14)27-5;/h7-9,11-12,25H,6,10,13H2,1-5H3,(H2,20,21,22);1H. The normalized spacial score (nSPS) is 13.3. The van der Waals surface area contributed by atoms with Crippen molar-refractivity contribution >= 4 is 29.9 Å². The van der Waals surface area contributed by atoms with Crippen molar-refractivity contribution in [2.24, 2.45) is 12.0 Å². The number of hydrogen-bond donors (Lipinski definition) is 3. The minimum Gasteiger partial charge on any atom is -0.493 e. The highest BCUT2D eigenvalue weighted by Gasteiger charge is 2.25. The predicted molar refractivity (Wildman–Crippen MR) is 121 cm³/mol. The maximum Gasteiger partial charge on any atom is 0.191 e. The van der Waals surface area contributed by atoms with Crippen LogP contribution >= 0.6 is 24.0 Å². The number of aliphatic hydroxyl groups is 1. The lowest BCUT2D eigenvalue weighted by Gasteiger charge is -2.23. The summed E-state index contributed by atoms with van der Waals surface area (Å²) < 4.78 is 12.3. The van der Waals surface area contributed by atoms with Crippen LogP contribution < -0.4 is 20.1 Å². The molecule has 2 rings (SSSR count). The van der Waals surface area contributed by atoms with Crippen molar-refractivity contribution in [2.45, 2.75) is 26.0 Å². The van der Waals surface area contributed by atoms with E-state index in [0.29, 0.717) is 37.1 Å². The number of halogens is 1. The number of ether oxygens (including phenoxy) is 2. The Hall–Kier alpha value is -2.01. The number of rotatable bonds is 8. The van der Waals surface area contributed by atoms with Gasteiger partial charge in [0.15, 0.2) is 17.5 Å². The van der Waals surface area contributed by atoms with Crippen molar-refractivity contribution in [3.8, 4) is 11.5 Å². The van der Waals surface area contributed by atoms with Crippen molar-refractivity contribution in [1.29, 1.82) is 0 Å². The van der Waals surface area contributed by atoms with E-state index in [0.717, 1.165) is 11.1 Å². The van der Waals surface area contributed by atoms with Gasteiger partial charge in [0.05, 0.1) is 33.5 Å². The van der Waals surface area contributed by atoms with Crippen LogP contribution in [0.4, 0.5) is 0 Å². The number of nitrogens with zero attached hydrogens (tertiary/aromatic N) is 3. The van der Waals surface area contributed by atoms with E-state index < -0.39 is 5.60 Å². The van der Waals surface area contributed by atoms with Crippen LogP contribution in [0.15, 0.2) is 35.6 Å². The van der Waals surface area contributed by atoms with Gasteiger partial charge in [-0.1, -0.05) is 6.07 Å². The van der Waals surface area contributed by atoms with Crippen molar-refractivity contribution in [3.63, 3.8) is 0 Å². The van der Waals surface area contributed by atoms with Crippen LogP contribution in [0, 0.1) is 0 Å². The van der Waals surface area contributed by atoms with Crippen LogP contribution in [0.25, 0.3) is 0 Å². The molecule has 0 amide bonds. The van der Waals surface area contributed by atoms with Crippen LogP contribution in [0.3, 0.4) is 0 Å². The van der Waals surface area contributed by atoms with E-state index in [1.807, 2.05) is 32.2 Å². The second kappa shape index (κ2) is 11.1. The number of aromatic nitrogens is 2. The van der Waals surface area contributed by atoms with Crippen LogP contribution in [0.5, 0.6) is 11.5 Å². The van der Waals surface area contributed by atoms with E-state index >= 15 is 0 Å². The van der Waals surface area contributed by atoms with Gasteiger partial charge in [-0.3, -0.25) is 4.68 Å². The number of benzene rings is 1. The van der Waals surface area contributed by atoms with Gasteiger partial charge in [0.25, 0.3) is 0 Å². The Morgan fingerprint density at radius 3 is 2.54 bits per heavy atom. The van der Waals surface area contributed by atoms with E-state index in [4.69, 9.17) is 9.47 Å². The molecule has 3 N–H and O–H groups in total. The Balaban J connectivity index is 0.00000392. The lowest BCUT2D eigenvalue weighted by Crippen LogP contribution is -2.44. The molecule has 0 aliphatic rings. The fourth-order valence-corrected chi connectivity index (χ4v) is 2.55. The molecular weight excluding hydrogens is 473 g/mol. The monoisotopic (exact) mass is 503 g/mol. The van der Waals surface area contributed by atoms with Gasteiger partial charge in [0.2, 0.25) is 0 Å². The van der Waals surface area contributed by atoms with Crippen molar-refractivity contribution in [2.75, 3.05) is 27.3 Å². The first-order valence-corrected chi connectivity index (χ1v) is 8.84. The molecule has 1 unspecified atom stereocenters. The summed E-state index contributed by atoms with van der Waals surface area (Å²) in [5, 5.41) is 21.2. The topological polar surface area (TPSA) is 92.9 Å². The van der Waals surface area contributed by atoms with Gasteiger partial charge in [-0.25, -0.2) is 4.99 Å². The zero-order valence-corrected chi connectivity index (χ0v) is 19.4. The summed E-state index contributed by atoms with van der Waals surface area (Å²) in [6.07, 6.45) is 3.46. The highest BCUT2D eigenvalue weighted by Crippen LogP contribution is 2.27. The third-order valence-electron chi connectivity index (χ3n) is 4.14.